The lowest BCUT2D eigenvalue weighted by atomic mass is 10.1. The lowest BCUT2D eigenvalue weighted by Gasteiger charge is -2.36. The van der Waals surface area contributed by atoms with Gasteiger partial charge in [0.2, 0.25) is 0 Å². The van der Waals surface area contributed by atoms with E-state index >= 15 is 0 Å². The summed E-state index contributed by atoms with van der Waals surface area (Å²) in [4.78, 5) is 18.8. The van der Waals surface area contributed by atoms with Crippen LogP contribution < -0.4 is 4.90 Å². The fraction of sp³-hybridized carbons (Fsp3) is 0.318. The van der Waals surface area contributed by atoms with Gasteiger partial charge in [0, 0.05) is 55.2 Å². The molecule has 1 saturated heterocycles. The Morgan fingerprint density at radius 3 is 2.50 bits per heavy atom. The Kier molecular flexibility index (Phi) is 5.55. The van der Waals surface area contributed by atoms with Crippen molar-refractivity contribution in [3.8, 4) is 11.5 Å². The number of piperazine rings is 1. The Bertz CT molecular complexity index is 952. The summed E-state index contributed by atoms with van der Waals surface area (Å²) in [5.41, 5.74) is 4.22. The Labute approximate surface area is 171 Å². The molecule has 28 heavy (non-hydrogen) atoms. The molecular weight excluding hydrogens is 370 g/mol. The number of rotatable bonds is 4. The lowest BCUT2D eigenvalue weighted by Crippen LogP contribution is -2.46. The molecule has 1 aliphatic heterocycles. The summed E-state index contributed by atoms with van der Waals surface area (Å²) in [5, 5.41) is 0.797. The van der Waals surface area contributed by atoms with Crippen molar-refractivity contribution in [1.82, 2.24) is 19.9 Å². The van der Waals surface area contributed by atoms with Gasteiger partial charge in [-0.15, -0.1) is 0 Å². The summed E-state index contributed by atoms with van der Waals surface area (Å²) in [7, 11) is 0. The van der Waals surface area contributed by atoms with Crippen LogP contribution in [0, 0.1) is 13.8 Å². The number of aryl methyl sites for hydroxylation is 1. The van der Waals surface area contributed by atoms with Crippen LogP contribution in [0.4, 0.5) is 5.82 Å². The molecule has 0 N–H and O–H groups in total. The molecule has 2 aromatic heterocycles. The second-order valence-corrected chi connectivity index (χ2v) is 7.63. The second-order valence-electron chi connectivity index (χ2n) is 7.19. The highest BCUT2D eigenvalue weighted by molar-refractivity contribution is 6.30. The normalized spacial score (nSPS) is 15.0. The summed E-state index contributed by atoms with van der Waals surface area (Å²) in [5.74, 6) is 1.72. The molecule has 144 valence electrons. The molecule has 0 radical (unpaired) electrons. The topological polar surface area (TPSA) is 45.2 Å². The first-order valence-electron chi connectivity index (χ1n) is 9.58. The zero-order valence-electron chi connectivity index (χ0n) is 16.3. The zero-order valence-corrected chi connectivity index (χ0v) is 17.0. The first-order valence-corrected chi connectivity index (χ1v) is 9.96. The van der Waals surface area contributed by atoms with Gasteiger partial charge in [0.05, 0.1) is 0 Å². The third-order valence-corrected chi connectivity index (χ3v) is 5.46. The third kappa shape index (κ3) is 4.16. The van der Waals surface area contributed by atoms with Crippen molar-refractivity contribution in [1.29, 1.82) is 0 Å². The summed E-state index contributed by atoms with van der Waals surface area (Å²) < 4.78 is 0. The van der Waals surface area contributed by atoms with Gasteiger partial charge in [-0.2, -0.15) is 0 Å². The van der Waals surface area contributed by atoms with Crippen molar-refractivity contribution < 1.29 is 0 Å². The molecule has 0 amide bonds. The predicted octanol–water partition coefficient (Wildman–Crippen LogP) is 4.13. The molecule has 5 nitrogen and oxygen atoms in total. The van der Waals surface area contributed by atoms with Crippen LogP contribution in [0.2, 0.25) is 5.02 Å². The molecule has 0 aliphatic carbocycles. The molecule has 6 heteroatoms. The number of halogens is 1. The molecule has 3 aromatic rings. The van der Waals surface area contributed by atoms with Gasteiger partial charge in [-0.05, 0) is 43.7 Å². The Balaban J connectivity index is 1.49. The van der Waals surface area contributed by atoms with Gasteiger partial charge in [0.1, 0.15) is 11.5 Å². The number of aromatic nitrogens is 3. The molecule has 0 saturated carbocycles. The standard InChI is InChI=1S/C22H24ClN5/c1-16-17(2)25-21(20-8-3-4-9-24-20)26-22(16)28-12-10-27(11-13-28)15-18-6-5-7-19(23)14-18/h3-9,14H,10-13,15H2,1-2H3. The quantitative estimate of drug-likeness (QED) is 0.666. The van der Waals surface area contributed by atoms with Crippen LogP contribution in [-0.4, -0.2) is 46.0 Å². The van der Waals surface area contributed by atoms with E-state index in [9.17, 15) is 0 Å². The van der Waals surface area contributed by atoms with E-state index in [-0.39, 0.29) is 0 Å². The predicted molar refractivity (Wildman–Crippen MR) is 114 cm³/mol. The number of pyridine rings is 1. The van der Waals surface area contributed by atoms with Gasteiger partial charge >= 0.3 is 0 Å². The van der Waals surface area contributed by atoms with Crippen molar-refractivity contribution in [3.63, 3.8) is 0 Å². The van der Waals surface area contributed by atoms with Crippen LogP contribution in [0.3, 0.4) is 0 Å². The molecule has 4 rings (SSSR count). The maximum Gasteiger partial charge on any atom is 0.180 e. The zero-order chi connectivity index (χ0) is 19.5. The monoisotopic (exact) mass is 393 g/mol. The van der Waals surface area contributed by atoms with Crippen LogP contribution in [0.15, 0.2) is 48.7 Å². The SMILES string of the molecule is Cc1nc(-c2ccccn2)nc(N2CCN(Cc3cccc(Cl)c3)CC2)c1C. The molecule has 0 bridgehead atoms. The van der Waals surface area contributed by atoms with Gasteiger partial charge in [-0.25, -0.2) is 9.97 Å². The number of benzene rings is 1. The molecule has 0 spiro atoms. The van der Waals surface area contributed by atoms with Gasteiger partial charge in [-0.1, -0.05) is 29.8 Å². The fourth-order valence-electron chi connectivity index (χ4n) is 3.54. The smallest absolute Gasteiger partial charge is 0.180 e. The number of anilines is 1. The first kappa shape index (κ1) is 18.8. The largest absolute Gasteiger partial charge is 0.354 e. The average Bonchev–Trinajstić information content (AvgIpc) is 2.71. The van der Waals surface area contributed by atoms with Crippen LogP contribution in [-0.2, 0) is 6.54 Å². The van der Waals surface area contributed by atoms with E-state index in [0.717, 1.165) is 60.5 Å². The number of hydrogen-bond acceptors (Lipinski definition) is 5. The van der Waals surface area contributed by atoms with Crippen molar-refractivity contribution in [3.05, 3.63) is 70.5 Å². The minimum Gasteiger partial charge on any atom is -0.354 e. The van der Waals surface area contributed by atoms with Crippen LogP contribution in [0.5, 0.6) is 0 Å². The van der Waals surface area contributed by atoms with Gasteiger partial charge in [0.15, 0.2) is 5.82 Å². The van der Waals surface area contributed by atoms with Crippen LogP contribution >= 0.6 is 11.6 Å². The van der Waals surface area contributed by atoms with Crippen molar-refractivity contribution in [2.75, 3.05) is 31.1 Å². The Morgan fingerprint density at radius 1 is 0.964 bits per heavy atom. The van der Waals surface area contributed by atoms with E-state index in [1.807, 2.05) is 43.3 Å². The van der Waals surface area contributed by atoms with E-state index in [1.165, 1.54) is 5.56 Å². The molecule has 3 heterocycles. The number of nitrogens with zero attached hydrogens (tertiary/aromatic N) is 5. The van der Waals surface area contributed by atoms with Gasteiger partial charge < -0.3 is 4.90 Å². The highest BCUT2D eigenvalue weighted by Gasteiger charge is 2.21. The highest BCUT2D eigenvalue weighted by atomic mass is 35.5. The van der Waals surface area contributed by atoms with Gasteiger partial charge in [-0.3, -0.25) is 9.88 Å². The Hall–Kier alpha value is -2.50. The van der Waals surface area contributed by atoms with E-state index in [0.29, 0.717) is 5.82 Å². The van der Waals surface area contributed by atoms with E-state index in [1.54, 1.807) is 6.20 Å². The van der Waals surface area contributed by atoms with Crippen LogP contribution in [0.1, 0.15) is 16.8 Å². The minimum absolute atomic E-state index is 0.694. The summed E-state index contributed by atoms with van der Waals surface area (Å²) in [6.07, 6.45) is 1.78. The molecule has 1 aliphatic rings. The van der Waals surface area contributed by atoms with E-state index in [2.05, 4.69) is 32.8 Å². The summed E-state index contributed by atoms with van der Waals surface area (Å²) in [6, 6.07) is 13.9. The number of hydrogen-bond donors (Lipinski definition) is 0. The fourth-order valence-corrected chi connectivity index (χ4v) is 3.76. The van der Waals surface area contributed by atoms with E-state index < -0.39 is 0 Å². The molecule has 1 fully saturated rings. The maximum absolute atomic E-state index is 6.12. The van der Waals surface area contributed by atoms with Crippen LogP contribution in [0.25, 0.3) is 11.5 Å². The third-order valence-electron chi connectivity index (χ3n) is 5.22. The molecule has 0 unspecified atom stereocenters. The molecular formula is C22H24ClN5. The van der Waals surface area contributed by atoms with Crippen molar-refractivity contribution >= 4 is 17.4 Å². The van der Waals surface area contributed by atoms with Crippen molar-refractivity contribution in [2.24, 2.45) is 0 Å². The highest BCUT2D eigenvalue weighted by Crippen LogP contribution is 2.25. The average molecular weight is 394 g/mol. The minimum atomic E-state index is 0.694. The Morgan fingerprint density at radius 2 is 1.79 bits per heavy atom. The summed E-state index contributed by atoms with van der Waals surface area (Å²) in [6.45, 7) is 8.95. The summed E-state index contributed by atoms with van der Waals surface area (Å²) >= 11 is 6.12. The maximum atomic E-state index is 6.12. The van der Waals surface area contributed by atoms with Crippen molar-refractivity contribution in [2.45, 2.75) is 20.4 Å². The molecule has 1 aromatic carbocycles. The van der Waals surface area contributed by atoms with E-state index in [4.69, 9.17) is 16.6 Å². The first-order chi connectivity index (χ1) is 13.6. The lowest BCUT2D eigenvalue weighted by molar-refractivity contribution is 0.249. The van der Waals surface area contributed by atoms with Gasteiger partial charge in [0.25, 0.3) is 0 Å². The second kappa shape index (κ2) is 8.25. The molecule has 0 atom stereocenters.